The first kappa shape index (κ1) is 17.8. The fourth-order valence-electron chi connectivity index (χ4n) is 1.91. The summed E-state index contributed by atoms with van der Waals surface area (Å²) in [4.78, 5) is 11.1. The number of hydrogen-bond donors (Lipinski definition) is 2. The lowest BCUT2D eigenvalue weighted by Gasteiger charge is -2.11. The number of hydrogen-bond acceptors (Lipinski definition) is 4. The molecule has 0 fully saturated rings. The Balaban J connectivity index is 3.00. The number of aromatic carboxylic acids is 1. The Morgan fingerprint density at radius 2 is 1.90 bits per heavy atom. The predicted molar refractivity (Wildman–Crippen MR) is 81.6 cm³/mol. The molecule has 1 unspecified atom stereocenters. The van der Waals surface area contributed by atoms with Gasteiger partial charge in [0.15, 0.2) is 0 Å². The van der Waals surface area contributed by atoms with Crippen molar-refractivity contribution in [1.29, 1.82) is 0 Å². The zero-order chi connectivity index (χ0) is 16.2. The molecule has 1 aromatic rings. The predicted octanol–water partition coefficient (Wildman–Crippen LogP) is 1.05. The maximum absolute atomic E-state index is 12.2. The van der Waals surface area contributed by atoms with Crippen LogP contribution in [0.5, 0.6) is 0 Å². The number of carbonyl (C=O) groups is 1. The van der Waals surface area contributed by atoms with E-state index in [4.69, 9.17) is 5.11 Å². The van der Waals surface area contributed by atoms with Crippen molar-refractivity contribution in [3.8, 4) is 0 Å². The summed E-state index contributed by atoms with van der Waals surface area (Å²) in [6.07, 6.45) is 2.01. The molecule has 2 N–H and O–H groups in total. The maximum Gasteiger partial charge on any atom is 0.335 e. The molecule has 0 aliphatic heterocycles. The van der Waals surface area contributed by atoms with Gasteiger partial charge in [0, 0.05) is 29.4 Å². The number of sulfonamides is 1. The molecule has 0 radical (unpaired) electrons. The summed E-state index contributed by atoms with van der Waals surface area (Å²) in [6.45, 7) is 3.41. The second-order valence-electron chi connectivity index (χ2n) is 4.77. The van der Waals surface area contributed by atoms with Crippen molar-refractivity contribution in [3.05, 3.63) is 28.8 Å². The molecule has 8 heteroatoms. The Kier molecular flexibility index (Phi) is 6.06. The third-order valence-electron chi connectivity index (χ3n) is 2.94. The summed E-state index contributed by atoms with van der Waals surface area (Å²) in [7, 11) is -4.74. The first-order valence-electron chi connectivity index (χ1n) is 6.29. The monoisotopic (exact) mass is 333 g/mol. The molecule has 0 spiro atoms. The van der Waals surface area contributed by atoms with E-state index in [1.165, 1.54) is 6.07 Å². The zero-order valence-electron chi connectivity index (χ0n) is 12.2. The smallest absolute Gasteiger partial charge is 0.335 e. The van der Waals surface area contributed by atoms with Gasteiger partial charge in [0.05, 0.1) is 10.5 Å². The van der Waals surface area contributed by atoms with Crippen molar-refractivity contribution in [2.24, 2.45) is 0 Å². The lowest BCUT2D eigenvalue weighted by Crippen LogP contribution is -2.26. The van der Waals surface area contributed by atoms with Crippen LogP contribution in [0.1, 0.15) is 27.9 Å². The van der Waals surface area contributed by atoms with E-state index in [9.17, 15) is 17.4 Å². The topological polar surface area (TPSA) is 101 Å². The van der Waals surface area contributed by atoms with Crippen LogP contribution < -0.4 is 4.72 Å². The van der Waals surface area contributed by atoms with E-state index in [0.29, 0.717) is 23.3 Å². The lowest BCUT2D eigenvalue weighted by molar-refractivity contribution is 0.0696. The molecule has 0 amide bonds. The SMILES string of the molecule is Cc1cc(C)c(S(=O)(=O)NCCCS(C)=O)cc1C(=O)O. The highest BCUT2D eigenvalue weighted by atomic mass is 32.2. The molecule has 1 atom stereocenters. The van der Waals surface area contributed by atoms with Crippen molar-refractivity contribution in [3.63, 3.8) is 0 Å². The molecular weight excluding hydrogens is 314 g/mol. The van der Waals surface area contributed by atoms with Crippen molar-refractivity contribution in [2.75, 3.05) is 18.6 Å². The van der Waals surface area contributed by atoms with Crippen LogP contribution in [0.3, 0.4) is 0 Å². The standard InChI is InChI=1S/C13H19NO5S2/c1-9-7-10(2)12(8-11(9)13(15)16)21(18,19)14-5-4-6-20(3)17/h7-8,14H,4-6H2,1-3H3,(H,15,16). The Hall–Kier alpha value is -1.25. The first-order valence-corrected chi connectivity index (χ1v) is 9.50. The molecule has 1 rings (SSSR count). The van der Waals surface area contributed by atoms with Crippen molar-refractivity contribution in [2.45, 2.75) is 25.2 Å². The molecule has 0 aromatic heterocycles. The van der Waals surface area contributed by atoms with Crippen LogP contribution in [-0.4, -0.2) is 42.3 Å². The number of nitrogens with one attached hydrogen (secondary N) is 1. The van der Waals surface area contributed by atoms with E-state index in [-0.39, 0.29) is 17.0 Å². The fourth-order valence-corrected chi connectivity index (χ4v) is 3.79. The minimum absolute atomic E-state index is 0.0318. The van der Waals surface area contributed by atoms with Gasteiger partial charge in [-0.25, -0.2) is 17.9 Å². The molecular formula is C13H19NO5S2. The third-order valence-corrected chi connectivity index (χ3v) is 5.41. The number of aryl methyl sites for hydroxylation is 2. The average molecular weight is 333 g/mol. The summed E-state index contributed by atoms with van der Waals surface area (Å²) >= 11 is 0. The number of rotatable bonds is 7. The Labute approximate surface area is 127 Å². The van der Waals surface area contributed by atoms with Gasteiger partial charge in [0.1, 0.15) is 0 Å². The summed E-state index contributed by atoms with van der Waals surface area (Å²) in [5, 5.41) is 9.07. The minimum atomic E-state index is -3.77. The van der Waals surface area contributed by atoms with Gasteiger partial charge in [-0.05, 0) is 37.5 Å². The highest BCUT2D eigenvalue weighted by Gasteiger charge is 2.20. The molecule has 0 aliphatic rings. The van der Waals surface area contributed by atoms with Crippen LogP contribution >= 0.6 is 0 Å². The lowest BCUT2D eigenvalue weighted by atomic mass is 10.1. The molecule has 0 aliphatic carbocycles. The quantitative estimate of drug-likeness (QED) is 0.726. The number of carboxylic acid groups (broad SMARTS) is 1. The van der Waals surface area contributed by atoms with Crippen molar-refractivity contribution in [1.82, 2.24) is 4.72 Å². The summed E-state index contributed by atoms with van der Waals surface area (Å²) in [5.74, 6) is -0.749. The minimum Gasteiger partial charge on any atom is -0.478 e. The van der Waals surface area contributed by atoms with Gasteiger partial charge >= 0.3 is 5.97 Å². The molecule has 1 aromatic carbocycles. The molecule has 0 saturated carbocycles. The van der Waals surface area contributed by atoms with Crippen LogP contribution in [-0.2, 0) is 20.8 Å². The average Bonchev–Trinajstić information content (AvgIpc) is 2.33. The summed E-state index contributed by atoms with van der Waals surface area (Å²) < 4.78 is 37.7. The van der Waals surface area contributed by atoms with Gasteiger partial charge in [-0.3, -0.25) is 4.21 Å². The highest BCUT2D eigenvalue weighted by molar-refractivity contribution is 7.89. The first-order chi connectivity index (χ1) is 9.65. The fraction of sp³-hybridized carbons (Fsp3) is 0.462. The van der Waals surface area contributed by atoms with E-state index < -0.39 is 26.8 Å². The molecule has 118 valence electrons. The zero-order valence-corrected chi connectivity index (χ0v) is 13.8. The molecule has 0 saturated heterocycles. The van der Waals surface area contributed by atoms with Crippen LogP contribution in [0.2, 0.25) is 0 Å². The molecule has 21 heavy (non-hydrogen) atoms. The largest absolute Gasteiger partial charge is 0.478 e. The van der Waals surface area contributed by atoms with Crippen molar-refractivity contribution >= 4 is 26.8 Å². The van der Waals surface area contributed by atoms with Crippen LogP contribution in [0.4, 0.5) is 0 Å². The Morgan fingerprint density at radius 1 is 1.29 bits per heavy atom. The van der Waals surface area contributed by atoms with E-state index in [1.54, 1.807) is 26.2 Å². The molecule has 0 heterocycles. The third kappa shape index (κ3) is 4.90. The van der Waals surface area contributed by atoms with E-state index in [2.05, 4.69) is 4.72 Å². The van der Waals surface area contributed by atoms with Crippen LogP contribution in [0, 0.1) is 13.8 Å². The van der Waals surface area contributed by atoms with E-state index >= 15 is 0 Å². The van der Waals surface area contributed by atoms with Crippen molar-refractivity contribution < 1.29 is 22.5 Å². The molecule has 6 nitrogen and oxygen atoms in total. The van der Waals surface area contributed by atoms with Crippen LogP contribution in [0.15, 0.2) is 17.0 Å². The molecule has 0 bridgehead atoms. The van der Waals surface area contributed by atoms with Gasteiger partial charge in [-0.2, -0.15) is 0 Å². The van der Waals surface area contributed by atoms with Gasteiger partial charge in [-0.1, -0.05) is 6.07 Å². The van der Waals surface area contributed by atoms with Gasteiger partial charge < -0.3 is 5.11 Å². The van der Waals surface area contributed by atoms with Gasteiger partial charge in [-0.15, -0.1) is 0 Å². The number of carboxylic acids is 1. The van der Waals surface area contributed by atoms with Crippen LogP contribution in [0.25, 0.3) is 0 Å². The van der Waals surface area contributed by atoms with Gasteiger partial charge in [0.25, 0.3) is 0 Å². The number of benzene rings is 1. The normalized spacial score (nSPS) is 13.1. The van der Waals surface area contributed by atoms with E-state index in [1.807, 2.05) is 0 Å². The Morgan fingerprint density at radius 3 is 2.43 bits per heavy atom. The Bertz CT molecular complexity index is 667. The van der Waals surface area contributed by atoms with E-state index in [0.717, 1.165) is 0 Å². The highest BCUT2D eigenvalue weighted by Crippen LogP contribution is 2.20. The van der Waals surface area contributed by atoms with Gasteiger partial charge in [0.2, 0.25) is 10.0 Å². The second-order valence-corrected chi connectivity index (χ2v) is 8.06. The summed E-state index contributed by atoms with van der Waals surface area (Å²) in [6, 6.07) is 2.71. The summed E-state index contributed by atoms with van der Waals surface area (Å²) in [5.41, 5.74) is 0.972. The maximum atomic E-state index is 12.2. The second kappa shape index (κ2) is 7.15.